The lowest BCUT2D eigenvalue weighted by molar-refractivity contribution is -0.142. The molecule has 0 aromatic heterocycles. The summed E-state index contributed by atoms with van der Waals surface area (Å²) >= 11 is 1.37. The molecule has 4 N–H and O–H groups in total. The highest BCUT2D eigenvalue weighted by molar-refractivity contribution is 8.01. The number of carbonyl (C=O) groups is 3. The van der Waals surface area contributed by atoms with Crippen molar-refractivity contribution in [2.75, 3.05) is 25.4 Å². The summed E-state index contributed by atoms with van der Waals surface area (Å²) in [5, 5.41) is 18.3. The summed E-state index contributed by atoms with van der Waals surface area (Å²) in [6, 6.07) is 12.7. The first-order chi connectivity index (χ1) is 20.2. The molecule has 0 aliphatic carbocycles. The fraction of sp³-hybridized carbons (Fsp3) is 0.448. The molecule has 2 unspecified atom stereocenters. The average Bonchev–Trinajstić information content (AvgIpc) is 3.67. The van der Waals surface area contributed by atoms with Crippen LogP contribution in [-0.2, 0) is 37.2 Å². The molecule has 1 saturated heterocycles. The fourth-order valence-electron chi connectivity index (χ4n) is 4.90. The molecule has 11 nitrogen and oxygen atoms in total. The summed E-state index contributed by atoms with van der Waals surface area (Å²) in [7, 11) is -3.97. The Morgan fingerprint density at radius 2 is 1.83 bits per heavy atom. The van der Waals surface area contributed by atoms with Crippen molar-refractivity contribution in [3.8, 4) is 0 Å². The van der Waals surface area contributed by atoms with E-state index in [1.807, 2.05) is 6.92 Å². The number of ketones is 1. The van der Waals surface area contributed by atoms with Crippen molar-refractivity contribution in [1.29, 1.82) is 0 Å². The molecule has 4 rings (SSSR count). The van der Waals surface area contributed by atoms with Crippen LogP contribution >= 0.6 is 11.8 Å². The van der Waals surface area contributed by atoms with Gasteiger partial charge in [0, 0.05) is 38.1 Å². The zero-order valence-electron chi connectivity index (χ0n) is 23.5. The van der Waals surface area contributed by atoms with Crippen LogP contribution in [0, 0.1) is 0 Å². The van der Waals surface area contributed by atoms with Gasteiger partial charge in [0.25, 0.3) is 0 Å². The number of carboxylic acids is 1. The van der Waals surface area contributed by atoms with E-state index in [0.717, 1.165) is 24.6 Å². The molecule has 1 fully saturated rings. The number of aliphatic carboxylic acids is 1. The van der Waals surface area contributed by atoms with E-state index in [-0.39, 0.29) is 29.3 Å². The molecule has 0 saturated carbocycles. The summed E-state index contributed by atoms with van der Waals surface area (Å²) in [6.45, 7) is 4.10. The molecular weight excluding hydrogens is 578 g/mol. The van der Waals surface area contributed by atoms with Crippen molar-refractivity contribution in [3.05, 3.63) is 65.7 Å². The van der Waals surface area contributed by atoms with Crippen LogP contribution in [0.4, 0.5) is 0 Å². The van der Waals surface area contributed by atoms with E-state index < -0.39 is 39.4 Å². The van der Waals surface area contributed by atoms with Gasteiger partial charge in [-0.1, -0.05) is 49.4 Å². The maximum absolute atomic E-state index is 13.4. The summed E-state index contributed by atoms with van der Waals surface area (Å²) < 4.78 is 28.1. The van der Waals surface area contributed by atoms with Crippen LogP contribution in [0.5, 0.6) is 0 Å². The van der Waals surface area contributed by atoms with Gasteiger partial charge in [-0.25, -0.2) is 13.2 Å². The van der Waals surface area contributed by atoms with Crippen molar-refractivity contribution in [3.63, 3.8) is 0 Å². The molecule has 3 atom stereocenters. The first kappa shape index (κ1) is 31.5. The second-order valence-electron chi connectivity index (χ2n) is 10.2. The Balaban J connectivity index is 1.33. The normalized spacial score (nSPS) is 19.5. The molecule has 1 amide bonds. The third-order valence-electron chi connectivity index (χ3n) is 7.09. The van der Waals surface area contributed by atoms with Crippen molar-refractivity contribution < 1.29 is 27.9 Å². The van der Waals surface area contributed by atoms with Gasteiger partial charge in [0.05, 0.1) is 16.8 Å². The minimum absolute atomic E-state index is 0.0153. The number of hydrogen-bond donors (Lipinski definition) is 4. The van der Waals surface area contributed by atoms with E-state index in [0.29, 0.717) is 31.4 Å². The number of guanidine groups is 1. The maximum atomic E-state index is 13.4. The number of nitrogens with zero attached hydrogens (tertiary/aromatic N) is 2. The van der Waals surface area contributed by atoms with Gasteiger partial charge in [0.15, 0.2) is 5.96 Å². The minimum atomic E-state index is -3.97. The highest BCUT2D eigenvalue weighted by Gasteiger charge is 2.46. The number of aliphatic imine (C=N–C) groups is 1. The lowest BCUT2D eigenvalue weighted by atomic mass is 10.0. The van der Waals surface area contributed by atoms with Crippen LogP contribution < -0.4 is 16.0 Å². The highest BCUT2D eigenvalue weighted by Crippen LogP contribution is 2.36. The highest BCUT2D eigenvalue weighted by atomic mass is 32.2. The molecule has 0 spiro atoms. The van der Waals surface area contributed by atoms with E-state index in [1.165, 1.54) is 28.2 Å². The number of rotatable bonds is 14. The third kappa shape index (κ3) is 8.11. The zero-order valence-corrected chi connectivity index (χ0v) is 25.1. The quantitative estimate of drug-likeness (QED) is 0.233. The summed E-state index contributed by atoms with van der Waals surface area (Å²) in [5.41, 5.74) is 1.50. The number of nitrogens with one attached hydrogen (secondary N) is 3. The maximum Gasteiger partial charge on any atom is 0.326 e. The van der Waals surface area contributed by atoms with E-state index in [4.69, 9.17) is 0 Å². The van der Waals surface area contributed by atoms with Gasteiger partial charge >= 0.3 is 5.97 Å². The van der Waals surface area contributed by atoms with Crippen molar-refractivity contribution in [2.24, 2.45) is 4.99 Å². The number of hydrogen-bond acceptors (Lipinski definition) is 9. The van der Waals surface area contributed by atoms with Gasteiger partial charge in [-0.2, -0.15) is 4.31 Å². The SMILES string of the molecule is CCC1SC[C@@H](C(=O)NC(Cc2ccc(CC(=O)CCCNC3=NCCN3)cc2)C(=O)O)N1S(=O)(=O)c1ccccc1. The zero-order chi connectivity index (χ0) is 30.1. The number of thioether (sulfide) groups is 1. The predicted octanol–water partition coefficient (Wildman–Crippen LogP) is 1.78. The van der Waals surface area contributed by atoms with Crippen LogP contribution in [0.1, 0.15) is 37.3 Å². The average molecular weight is 616 g/mol. The topological polar surface area (TPSA) is 157 Å². The van der Waals surface area contributed by atoms with Crippen LogP contribution in [-0.4, -0.2) is 84.3 Å². The molecule has 2 aliphatic rings. The Morgan fingerprint density at radius 3 is 2.48 bits per heavy atom. The lowest BCUT2D eigenvalue weighted by Gasteiger charge is -2.28. The second kappa shape index (κ2) is 14.7. The van der Waals surface area contributed by atoms with Gasteiger partial charge in [-0.15, -0.1) is 11.8 Å². The molecule has 2 aromatic carbocycles. The Morgan fingerprint density at radius 1 is 1.12 bits per heavy atom. The van der Waals surface area contributed by atoms with E-state index in [1.54, 1.807) is 42.5 Å². The van der Waals surface area contributed by atoms with Gasteiger partial charge in [0.2, 0.25) is 15.9 Å². The number of carbonyl (C=O) groups excluding carboxylic acids is 2. The monoisotopic (exact) mass is 615 g/mol. The molecule has 0 radical (unpaired) electrons. The Bertz CT molecular complexity index is 1380. The Labute approximate surface area is 250 Å². The largest absolute Gasteiger partial charge is 0.480 e. The minimum Gasteiger partial charge on any atom is -0.480 e. The smallest absolute Gasteiger partial charge is 0.326 e. The summed E-state index contributed by atoms with van der Waals surface area (Å²) in [5.74, 6) is -0.747. The number of Topliss-reactive ketones (excluding diaryl/α,β-unsaturated/α-hetero) is 1. The van der Waals surface area contributed by atoms with Crippen LogP contribution in [0.15, 0.2) is 64.5 Å². The van der Waals surface area contributed by atoms with Crippen molar-refractivity contribution in [2.45, 2.75) is 61.4 Å². The number of benzene rings is 2. The van der Waals surface area contributed by atoms with Crippen LogP contribution in [0.2, 0.25) is 0 Å². The molecule has 2 heterocycles. The fourth-order valence-corrected chi connectivity index (χ4v) is 8.47. The van der Waals surface area contributed by atoms with Gasteiger partial charge < -0.3 is 21.1 Å². The molecule has 42 heavy (non-hydrogen) atoms. The van der Waals surface area contributed by atoms with Gasteiger partial charge in [-0.3, -0.25) is 14.6 Å². The second-order valence-corrected chi connectivity index (χ2v) is 13.2. The Kier molecular flexibility index (Phi) is 11.0. The molecule has 13 heteroatoms. The Hall–Kier alpha value is -3.42. The van der Waals surface area contributed by atoms with Gasteiger partial charge in [-0.05, 0) is 36.1 Å². The van der Waals surface area contributed by atoms with Crippen LogP contribution in [0.3, 0.4) is 0 Å². The standard InChI is InChI=1S/C29H37N5O6S2/c1-2-26-34(42(39,40)23-8-4-3-5-9-23)25(19-41-26)27(36)33-24(28(37)38)18-21-12-10-20(11-13-21)17-22(35)7-6-14-30-29-31-15-16-32-29/h3-5,8-13,24-26H,2,6-7,14-19H2,1H3,(H,33,36)(H,37,38)(H2,30,31,32)/t24?,25-,26?/m0/s1. The predicted molar refractivity (Wildman–Crippen MR) is 162 cm³/mol. The van der Waals surface area contributed by atoms with E-state index in [9.17, 15) is 27.9 Å². The number of sulfonamides is 1. The van der Waals surface area contributed by atoms with Gasteiger partial charge in [0.1, 0.15) is 17.9 Å². The molecule has 0 bridgehead atoms. The summed E-state index contributed by atoms with van der Waals surface area (Å²) in [4.78, 5) is 42.1. The van der Waals surface area contributed by atoms with Crippen LogP contribution in [0.25, 0.3) is 0 Å². The molecular formula is C29H37N5O6S2. The molecule has 2 aromatic rings. The first-order valence-electron chi connectivity index (χ1n) is 14.0. The third-order valence-corrected chi connectivity index (χ3v) is 10.6. The molecule has 226 valence electrons. The lowest BCUT2D eigenvalue weighted by Crippen LogP contribution is -2.53. The number of carboxylic acid groups (broad SMARTS) is 1. The van der Waals surface area contributed by atoms with Crippen molar-refractivity contribution in [1.82, 2.24) is 20.3 Å². The van der Waals surface area contributed by atoms with E-state index in [2.05, 4.69) is 20.9 Å². The van der Waals surface area contributed by atoms with E-state index >= 15 is 0 Å². The number of amides is 1. The van der Waals surface area contributed by atoms with Crippen molar-refractivity contribution >= 4 is 45.4 Å². The first-order valence-corrected chi connectivity index (χ1v) is 16.5. The summed E-state index contributed by atoms with van der Waals surface area (Å²) in [6.07, 6.45) is 1.93. The molecule has 2 aliphatic heterocycles.